The molecule has 3 rings (SSSR count). The number of hydrogen-bond donors (Lipinski definition) is 2. The van der Waals surface area contributed by atoms with Crippen LogP contribution in [0, 0.1) is 0 Å². The molecule has 3 nitrogen and oxygen atoms in total. The first-order valence-corrected chi connectivity index (χ1v) is 7.05. The molecule has 0 aliphatic carbocycles. The van der Waals surface area contributed by atoms with Gasteiger partial charge in [-0.05, 0) is 24.3 Å². The number of halogens is 1. The maximum atomic E-state index is 5.93. The number of aromatic nitrogens is 1. The summed E-state index contributed by atoms with van der Waals surface area (Å²) >= 11 is 7.50. The molecule has 0 aliphatic rings. The Labute approximate surface area is 120 Å². The highest BCUT2D eigenvalue weighted by Crippen LogP contribution is 2.27. The largest absolute Gasteiger partial charge is 0.397 e. The average molecular weight is 290 g/mol. The summed E-state index contributed by atoms with van der Waals surface area (Å²) in [4.78, 5) is 5.51. The van der Waals surface area contributed by atoms with E-state index in [1.807, 2.05) is 36.4 Å². The van der Waals surface area contributed by atoms with Crippen molar-refractivity contribution in [3.8, 4) is 0 Å². The number of nitrogens with zero attached hydrogens (tertiary/aromatic N) is 1. The van der Waals surface area contributed by atoms with Gasteiger partial charge in [-0.15, -0.1) is 11.3 Å². The van der Waals surface area contributed by atoms with Gasteiger partial charge in [0.1, 0.15) is 0 Å². The van der Waals surface area contributed by atoms with E-state index < -0.39 is 0 Å². The quantitative estimate of drug-likeness (QED) is 0.712. The van der Waals surface area contributed by atoms with Crippen LogP contribution in [0.4, 0.5) is 11.4 Å². The first-order valence-electron chi connectivity index (χ1n) is 5.85. The third-order valence-electron chi connectivity index (χ3n) is 2.88. The molecule has 3 N–H and O–H groups in total. The molecule has 1 aromatic carbocycles. The molecule has 0 fully saturated rings. The number of nitrogens with two attached hydrogens (primary N) is 1. The van der Waals surface area contributed by atoms with E-state index in [1.54, 1.807) is 17.5 Å². The second-order valence-corrected chi connectivity index (χ2v) is 5.96. The lowest BCUT2D eigenvalue weighted by Crippen LogP contribution is -1.99. The van der Waals surface area contributed by atoms with E-state index in [4.69, 9.17) is 17.3 Å². The van der Waals surface area contributed by atoms with Gasteiger partial charge in [0.2, 0.25) is 0 Å². The average Bonchev–Trinajstić information content (AvgIpc) is 2.83. The van der Waals surface area contributed by atoms with Crippen molar-refractivity contribution >= 4 is 45.2 Å². The van der Waals surface area contributed by atoms with E-state index in [2.05, 4.69) is 10.3 Å². The molecule has 0 unspecified atom stereocenters. The van der Waals surface area contributed by atoms with Gasteiger partial charge in [-0.25, -0.2) is 0 Å². The van der Waals surface area contributed by atoms with Crippen LogP contribution in [0.2, 0.25) is 4.34 Å². The number of benzene rings is 1. The van der Waals surface area contributed by atoms with Crippen molar-refractivity contribution in [2.45, 2.75) is 6.54 Å². The highest BCUT2D eigenvalue weighted by molar-refractivity contribution is 7.16. The fraction of sp³-hybridized carbons (Fsp3) is 0.0714. The van der Waals surface area contributed by atoms with Crippen molar-refractivity contribution in [2.75, 3.05) is 11.1 Å². The Hall–Kier alpha value is -1.78. The fourth-order valence-corrected chi connectivity index (χ4v) is 3.01. The Balaban J connectivity index is 1.91. The van der Waals surface area contributed by atoms with Gasteiger partial charge in [0.05, 0.1) is 15.5 Å². The number of nitrogens with one attached hydrogen (secondary N) is 1. The van der Waals surface area contributed by atoms with Gasteiger partial charge in [0, 0.05) is 28.7 Å². The molecule has 0 saturated heterocycles. The molecule has 0 bridgehead atoms. The van der Waals surface area contributed by atoms with Gasteiger partial charge < -0.3 is 11.1 Å². The minimum Gasteiger partial charge on any atom is -0.397 e. The predicted molar refractivity (Wildman–Crippen MR) is 82.8 cm³/mol. The molecular formula is C14H12ClN3S. The second-order valence-electron chi connectivity index (χ2n) is 4.16. The van der Waals surface area contributed by atoms with Crippen LogP contribution < -0.4 is 11.1 Å². The van der Waals surface area contributed by atoms with Gasteiger partial charge >= 0.3 is 0 Å². The zero-order chi connectivity index (χ0) is 13.2. The van der Waals surface area contributed by atoms with Crippen LogP contribution in [0.1, 0.15) is 4.88 Å². The third kappa shape index (κ3) is 2.50. The molecule has 2 heterocycles. The summed E-state index contributed by atoms with van der Waals surface area (Å²) in [7, 11) is 0. The minimum absolute atomic E-state index is 0.695. The molecule has 5 heteroatoms. The number of hydrogen-bond acceptors (Lipinski definition) is 4. The normalized spacial score (nSPS) is 10.8. The van der Waals surface area contributed by atoms with Crippen LogP contribution in [0.5, 0.6) is 0 Å². The second kappa shape index (κ2) is 5.07. The molecule has 96 valence electrons. The van der Waals surface area contributed by atoms with Gasteiger partial charge in [0.25, 0.3) is 0 Å². The van der Waals surface area contributed by atoms with E-state index in [1.165, 1.54) is 4.88 Å². The van der Waals surface area contributed by atoms with E-state index in [0.717, 1.165) is 27.5 Å². The van der Waals surface area contributed by atoms with E-state index >= 15 is 0 Å². The van der Waals surface area contributed by atoms with Crippen LogP contribution in [0.15, 0.2) is 42.6 Å². The van der Waals surface area contributed by atoms with Crippen molar-refractivity contribution < 1.29 is 0 Å². The number of fused-ring (bicyclic) bond motifs is 1. The number of para-hydroxylation sites is 1. The lowest BCUT2D eigenvalue weighted by molar-refractivity contribution is 1.19. The van der Waals surface area contributed by atoms with Crippen LogP contribution in [0.3, 0.4) is 0 Å². The summed E-state index contributed by atoms with van der Waals surface area (Å²) in [6, 6.07) is 11.7. The first kappa shape index (κ1) is 12.3. The number of rotatable bonds is 3. The van der Waals surface area contributed by atoms with E-state index in [-0.39, 0.29) is 0 Å². The third-order valence-corrected chi connectivity index (χ3v) is 4.12. The number of thiophene rings is 1. The molecule has 2 aromatic heterocycles. The molecule has 19 heavy (non-hydrogen) atoms. The molecule has 0 saturated carbocycles. The molecule has 0 spiro atoms. The summed E-state index contributed by atoms with van der Waals surface area (Å²) in [6.45, 7) is 0.741. The van der Waals surface area contributed by atoms with Gasteiger partial charge in [-0.3, -0.25) is 4.98 Å². The lowest BCUT2D eigenvalue weighted by atomic mass is 10.1. The Kier molecular flexibility index (Phi) is 3.27. The van der Waals surface area contributed by atoms with Crippen LogP contribution >= 0.6 is 22.9 Å². The number of pyridine rings is 1. The molecule has 0 aliphatic heterocycles. The highest BCUT2D eigenvalue weighted by Gasteiger charge is 2.04. The zero-order valence-corrected chi connectivity index (χ0v) is 11.6. The van der Waals surface area contributed by atoms with Gasteiger partial charge in [0.15, 0.2) is 0 Å². The van der Waals surface area contributed by atoms with Crippen LogP contribution in [-0.2, 0) is 6.54 Å². The van der Waals surface area contributed by atoms with Crippen LogP contribution in [-0.4, -0.2) is 4.98 Å². The van der Waals surface area contributed by atoms with Crippen molar-refractivity contribution in [1.82, 2.24) is 4.98 Å². The predicted octanol–water partition coefficient (Wildman–Crippen LogP) is 4.14. The Morgan fingerprint density at radius 2 is 2.11 bits per heavy atom. The molecule has 0 radical (unpaired) electrons. The summed E-state index contributed by atoms with van der Waals surface area (Å²) in [6.07, 6.45) is 1.77. The highest BCUT2D eigenvalue weighted by atomic mass is 35.5. The molecule has 3 aromatic rings. The van der Waals surface area contributed by atoms with Gasteiger partial charge in [-0.1, -0.05) is 23.7 Å². The van der Waals surface area contributed by atoms with Crippen molar-refractivity contribution in [3.05, 3.63) is 51.8 Å². The molecule has 0 amide bonds. The summed E-state index contributed by atoms with van der Waals surface area (Å²) in [5.41, 5.74) is 8.48. The fourth-order valence-electron chi connectivity index (χ4n) is 1.98. The smallest absolute Gasteiger partial charge is 0.0951 e. The van der Waals surface area contributed by atoms with E-state index in [0.29, 0.717) is 5.69 Å². The molecule has 0 atom stereocenters. The summed E-state index contributed by atoms with van der Waals surface area (Å²) in [5, 5.41) is 4.43. The monoisotopic (exact) mass is 289 g/mol. The SMILES string of the molecule is Nc1cccc2c(NCc3ccc(Cl)s3)ccnc12. The Morgan fingerprint density at radius 3 is 2.89 bits per heavy atom. The maximum Gasteiger partial charge on any atom is 0.0951 e. The Bertz CT molecular complexity index is 724. The van der Waals surface area contributed by atoms with Gasteiger partial charge in [-0.2, -0.15) is 0 Å². The standard InChI is InChI=1S/C14H12ClN3S/c15-13-5-4-9(19-13)8-18-12-6-7-17-14-10(12)2-1-3-11(14)16/h1-7H,8,16H2,(H,17,18). The van der Waals surface area contributed by atoms with Crippen LogP contribution in [0.25, 0.3) is 10.9 Å². The lowest BCUT2D eigenvalue weighted by Gasteiger charge is -2.09. The topological polar surface area (TPSA) is 50.9 Å². The van der Waals surface area contributed by atoms with E-state index in [9.17, 15) is 0 Å². The minimum atomic E-state index is 0.695. The first-order chi connectivity index (χ1) is 9.24. The van der Waals surface area contributed by atoms with Crippen molar-refractivity contribution in [2.24, 2.45) is 0 Å². The van der Waals surface area contributed by atoms with Crippen molar-refractivity contribution in [1.29, 1.82) is 0 Å². The van der Waals surface area contributed by atoms with Crippen molar-refractivity contribution in [3.63, 3.8) is 0 Å². The molecular weight excluding hydrogens is 278 g/mol. The maximum absolute atomic E-state index is 5.93. The Morgan fingerprint density at radius 1 is 1.21 bits per heavy atom. The number of nitrogen functional groups attached to an aromatic ring is 1. The zero-order valence-electron chi connectivity index (χ0n) is 10.1. The summed E-state index contributed by atoms with van der Waals surface area (Å²) in [5.74, 6) is 0. The summed E-state index contributed by atoms with van der Waals surface area (Å²) < 4.78 is 0.806. The number of anilines is 2.